The largest absolute Gasteiger partial charge is 0.379 e. The lowest BCUT2D eigenvalue weighted by Crippen LogP contribution is -2.41. The molecule has 1 rings (SSSR count). The van der Waals surface area contributed by atoms with Crippen LogP contribution in [0.2, 0.25) is 0 Å². The Balaban J connectivity index is 2.36. The molecule has 0 spiro atoms. The third-order valence-corrected chi connectivity index (χ3v) is 2.85. The number of hydrogen-bond donors (Lipinski definition) is 1. The summed E-state index contributed by atoms with van der Waals surface area (Å²) >= 11 is 0. The molecule has 1 heterocycles. The molecule has 0 radical (unpaired) electrons. The summed E-state index contributed by atoms with van der Waals surface area (Å²) in [6.45, 7) is 10.4. The Hall–Kier alpha value is -0.120. The summed E-state index contributed by atoms with van der Waals surface area (Å²) < 4.78 is 5.34. The minimum atomic E-state index is 0.243. The average Bonchev–Trinajstić information content (AvgIpc) is 2.46. The number of nitrogens with two attached hydrogens (primary N) is 1. The van der Waals surface area contributed by atoms with Crippen LogP contribution in [0.25, 0.3) is 0 Å². The van der Waals surface area contributed by atoms with Crippen molar-refractivity contribution in [3.63, 3.8) is 0 Å². The summed E-state index contributed by atoms with van der Waals surface area (Å²) in [6, 6.07) is 0.852. The van der Waals surface area contributed by atoms with Crippen molar-refractivity contribution < 1.29 is 4.74 Å². The van der Waals surface area contributed by atoms with Gasteiger partial charge >= 0.3 is 0 Å². The second-order valence-corrected chi connectivity index (χ2v) is 4.14. The van der Waals surface area contributed by atoms with Gasteiger partial charge in [0.25, 0.3) is 0 Å². The molecule has 1 saturated heterocycles. The normalized spacial score (nSPS) is 29.1. The quantitative estimate of drug-likeness (QED) is 0.702. The lowest BCUT2D eigenvalue weighted by atomic mass is 10.0. The molecule has 0 aromatic carbocycles. The van der Waals surface area contributed by atoms with Gasteiger partial charge in [0, 0.05) is 24.5 Å². The van der Waals surface area contributed by atoms with Gasteiger partial charge in [-0.1, -0.05) is 6.92 Å². The Bertz CT molecular complexity index is 150. The second kappa shape index (κ2) is 4.94. The monoisotopic (exact) mass is 186 g/mol. The summed E-state index contributed by atoms with van der Waals surface area (Å²) in [6.07, 6.45) is 0. The van der Waals surface area contributed by atoms with Gasteiger partial charge < -0.3 is 15.4 Å². The van der Waals surface area contributed by atoms with Crippen molar-refractivity contribution in [2.24, 2.45) is 11.7 Å². The van der Waals surface area contributed by atoms with E-state index < -0.39 is 0 Å². The summed E-state index contributed by atoms with van der Waals surface area (Å²) in [7, 11) is 0. The zero-order chi connectivity index (χ0) is 9.84. The summed E-state index contributed by atoms with van der Waals surface area (Å²) in [5, 5.41) is 0. The summed E-state index contributed by atoms with van der Waals surface area (Å²) in [4.78, 5) is 2.44. The number of rotatable bonds is 4. The number of ether oxygens (including phenoxy) is 1. The molecule has 1 aliphatic heterocycles. The van der Waals surface area contributed by atoms with Crippen LogP contribution in [0.4, 0.5) is 0 Å². The van der Waals surface area contributed by atoms with E-state index in [1.165, 1.54) is 0 Å². The predicted molar refractivity (Wildman–Crippen MR) is 54.7 cm³/mol. The molecular formula is C10H22N2O. The standard InChI is InChI=1S/C10H22N2O/c1-4-12(8(2)3)5-9-6-13-7-10(9)11/h8-10H,4-7,11H2,1-3H3. The molecular weight excluding hydrogens is 164 g/mol. The van der Waals surface area contributed by atoms with Crippen LogP contribution >= 0.6 is 0 Å². The van der Waals surface area contributed by atoms with Crippen molar-refractivity contribution in [2.45, 2.75) is 32.9 Å². The van der Waals surface area contributed by atoms with Crippen molar-refractivity contribution >= 4 is 0 Å². The van der Waals surface area contributed by atoms with E-state index in [2.05, 4.69) is 25.7 Å². The van der Waals surface area contributed by atoms with Crippen molar-refractivity contribution in [3.05, 3.63) is 0 Å². The van der Waals surface area contributed by atoms with E-state index in [9.17, 15) is 0 Å². The van der Waals surface area contributed by atoms with E-state index in [1.54, 1.807) is 0 Å². The molecule has 0 saturated carbocycles. The molecule has 0 aromatic rings. The maximum Gasteiger partial charge on any atom is 0.0621 e. The lowest BCUT2D eigenvalue weighted by Gasteiger charge is -2.28. The van der Waals surface area contributed by atoms with Gasteiger partial charge in [-0.05, 0) is 20.4 Å². The molecule has 78 valence electrons. The molecule has 13 heavy (non-hydrogen) atoms. The van der Waals surface area contributed by atoms with Gasteiger partial charge in [-0.15, -0.1) is 0 Å². The van der Waals surface area contributed by atoms with E-state index in [-0.39, 0.29) is 6.04 Å². The van der Waals surface area contributed by atoms with Crippen molar-refractivity contribution in [1.29, 1.82) is 0 Å². The fraction of sp³-hybridized carbons (Fsp3) is 1.00. The smallest absolute Gasteiger partial charge is 0.0621 e. The van der Waals surface area contributed by atoms with E-state index >= 15 is 0 Å². The van der Waals surface area contributed by atoms with Gasteiger partial charge in [0.15, 0.2) is 0 Å². The molecule has 2 atom stereocenters. The van der Waals surface area contributed by atoms with Gasteiger partial charge in [0.05, 0.1) is 13.2 Å². The molecule has 0 aliphatic carbocycles. The highest BCUT2D eigenvalue weighted by molar-refractivity contribution is 4.81. The molecule has 2 N–H and O–H groups in total. The van der Waals surface area contributed by atoms with Crippen LogP contribution in [-0.2, 0) is 4.74 Å². The van der Waals surface area contributed by atoms with Gasteiger partial charge in [-0.2, -0.15) is 0 Å². The highest BCUT2D eigenvalue weighted by atomic mass is 16.5. The Morgan fingerprint density at radius 2 is 2.15 bits per heavy atom. The molecule has 3 heteroatoms. The van der Waals surface area contributed by atoms with Crippen LogP contribution in [0.1, 0.15) is 20.8 Å². The zero-order valence-electron chi connectivity index (χ0n) is 8.99. The summed E-state index contributed by atoms with van der Waals surface area (Å²) in [5.41, 5.74) is 5.93. The van der Waals surface area contributed by atoms with E-state index in [0.29, 0.717) is 12.0 Å². The van der Waals surface area contributed by atoms with E-state index in [1.807, 2.05) is 0 Å². The summed E-state index contributed by atoms with van der Waals surface area (Å²) in [5.74, 6) is 0.530. The highest BCUT2D eigenvalue weighted by Gasteiger charge is 2.26. The molecule has 0 amide bonds. The van der Waals surface area contributed by atoms with E-state index in [4.69, 9.17) is 10.5 Å². The molecule has 2 unspecified atom stereocenters. The van der Waals surface area contributed by atoms with Crippen LogP contribution in [0.15, 0.2) is 0 Å². The first-order chi connectivity index (χ1) is 6.15. The Kier molecular flexibility index (Phi) is 4.16. The highest BCUT2D eigenvalue weighted by Crippen LogP contribution is 2.14. The van der Waals surface area contributed by atoms with Gasteiger partial charge in [0.2, 0.25) is 0 Å². The average molecular weight is 186 g/mol. The maximum atomic E-state index is 5.93. The first-order valence-electron chi connectivity index (χ1n) is 5.22. The Labute approximate surface area is 81.2 Å². The van der Waals surface area contributed by atoms with Crippen LogP contribution in [0, 0.1) is 5.92 Å². The predicted octanol–water partition coefficient (Wildman–Crippen LogP) is 0.690. The lowest BCUT2D eigenvalue weighted by molar-refractivity contribution is 0.156. The van der Waals surface area contributed by atoms with Gasteiger partial charge in [-0.25, -0.2) is 0 Å². The first kappa shape index (κ1) is 11.0. The fourth-order valence-electron chi connectivity index (χ4n) is 1.81. The van der Waals surface area contributed by atoms with Crippen LogP contribution < -0.4 is 5.73 Å². The van der Waals surface area contributed by atoms with E-state index in [0.717, 1.165) is 26.3 Å². The van der Waals surface area contributed by atoms with Gasteiger partial charge in [0.1, 0.15) is 0 Å². The maximum absolute atomic E-state index is 5.93. The molecule has 1 fully saturated rings. The molecule has 0 bridgehead atoms. The zero-order valence-corrected chi connectivity index (χ0v) is 8.99. The Morgan fingerprint density at radius 1 is 1.46 bits per heavy atom. The number of nitrogens with zero attached hydrogens (tertiary/aromatic N) is 1. The molecule has 3 nitrogen and oxygen atoms in total. The minimum Gasteiger partial charge on any atom is -0.379 e. The molecule has 1 aliphatic rings. The third-order valence-electron chi connectivity index (χ3n) is 2.85. The van der Waals surface area contributed by atoms with Crippen molar-refractivity contribution in [3.8, 4) is 0 Å². The topological polar surface area (TPSA) is 38.5 Å². The van der Waals surface area contributed by atoms with Crippen molar-refractivity contribution in [2.75, 3.05) is 26.3 Å². The fourth-order valence-corrected chi connectivity index (χ4v) is 1.81. The number of hydrogen-bond acceptors (Lipinski definition) is 3. The van der Waals surface area contributed by atoms with Crippen LogP contribution in [-0.4, -0.2) is 43.3 Å². The third kappa shape index (κ3) is 2.93. The Morgan fingerprint density at radius 3 is 2.54 bits per heavy atom. The van der Waals surface area contributed by atoms with Crippen molar-refractivity contribution in [1.82, 2.24) is 4.90 Å². The van der Waals surface area contributed by atoms with Crippen LogP contribution in [0.5, 0.6) is 0 Å². The van der Waals surface area contributed by atoms with Gasteiger partial charge in [-0.3, -0.25) is 0 Å². The SMILES string of the molecule is CCN(CC1COCC1N)C(C)C. The first-order valence-corrected chi connectivity index (χ1v) is 5.22. The van der Waals surface area contributed by atoms with Crippen LogP contribution in [0.3, 0.4) is 0 Å². The minimum absolute atomic E-state index is 0.243. The molecule has 0 aromatic heterocycles. The second-order valence-electron chi connectivity index (χ2n) is 4.14.